The third-order valence-electron chi connectivity index (χ3n) is 5.67. The molecule has 2 aliphatic heterocycles. The number of hydrogen-bond donors (Lipinski definition) is 1. The first-order valence-electron chi connectivity index (χ1n) is 9.87. The van der Waals surface area contributed by atoms with E-state index in [0.717, 1.165) is 12.1 Å². The van der Waals surface area contributed by atoms with Crippen molar-refractivity contribution in [3.8, 4) is 0 Å². The smallest absolute Gasteiger partial charge is 0.250 e. The summed E-state index contributed by atoms with van der Waals surface area (Å²) in [5.41, 5.74) is 1.09. The Bertz CT molecular complexity index is 903. The zero-order valence-corrected chi connectivity index (χ0v) is 15.8. The van der Waals surface area contributed by atoms with Crippen LogP contribution in [0.25, 0.3) is 0 Å². The minimum Gasteiger partial charge on any atom is -0.467 e. The molecule has 0 saturated carbocycles. The van der Waals surface area contributed by atoms with E-state index in [-0.39, 0.29) is 23.3 Å². The van der Waals surface area contributed by atoms with Crippen LogP contribution in [-0.2, 0) is 22.7 Å². The number of rotatable bonds is 6. The van der Waals surface area contributed by atoms with E-state index in [4.69, 9.17) is 4.42 Å². The third-order valence-corrected chi connectivity index (χ3v) is 5.67. The average Bonchev–Trinajstić information content (AvgIpc) is 3.21. The second kappa shape index (κ2) is 8.04. The Morgan fingerprint density at radius 2 is 2.00 bits per heavy atom. The lowest BCUT2D eigenvalue weighted by atomic mass is 9.83. The van der Waals surface area contributed by atoms with Gasteiger partial charge in [0.15, 0.2) is 0 Å². The van der Waals surface area contributed by atoms with Crippen LogP contribution >= 0.6 is 0 Å². The number of piperidine rings is 1. The number of carbonyl (C=O) groups excluding carboxylic acids is 2. The third kappa shape index (κ3) is 4.03. The van der Waals surface area contributed by atoms with Crippen LogP contribution < -0.4 is 10.9 Å². The van der Waals surface area contributed by atoms with Crippen molar-refractivity contribution in [2.75, 3.05) is 13.1 Å². The van der Waals surface area contributed by atoms with Crippen molar-refractivity contribution in [2.24, 2.45) is 5.92 Å². The second-order valence-electron chi connectivity index (χ2n) is 7.71. The maximum Gasteiger partial charge on any atom is 0.250 e. The maximum absolute atomic E-state index is 12.6. The number of fused-ring (bicyclic) bond motifs is 4. The van der Waals surface area contributed by atoms with Gasteiger partial charge in [0, 0.05) is 50.2 Å². The Kier molecular flexibility index (Phi) is 5.32. The number of furan rings is 1. The number of pyridine rings is 1. The molecule has 2 bridgehead atoms. The van der Waals surface area contributed by atoms with E-state index < -0.39 is 0 Å². The molecule has 0 aromatic carbocycles. The highest BCUT2D eigenvalue weighted by molar-refractivity contribution is 5.79. The van der Waals surface area contributed by atoms with Crippen LogP contribution in [0.3, 0.4) is 0 Å². The highest BCUT2D eigenvalue weighted by atomic mass is 16.3. The van der Waals surface area contributed by atoms with Crippen molar-refractivity contribution in [1.29, 1.82) is 0 Å². The number of nitrogens with one attached hydrogen (secondary N) is 1. The number of likely N-dealkylation sites (tertiary alicyclic amines) is 1. The van der Waals surface area contributed by atoms with Crippen molar-refractivity contribution in [3.05, 3.63) is 58.4 Å². The van der Waals surface area contributed by atoms with Crippen molar-refractivity contribution >= 4 is 11.8 Å². The highest BCUT2D eigenvalue weighted by Gasteiger charge is 2.35. The molecule has 4 rings (SSSR count). The molecular formula is C21H25N3O4. The Morgan fingerprint density at radius 3 is 2.82 bits per heavy atom. The zero-order valence-electron chi connectivity index (χ0n) is 15.8. The molecule has 2 aromatic rings. The molecule has 28 heavy (non-hydrogen) atoms. The molecule has 2 aromatic heterocycles. The van der Waals surface area contributed by atoms with Crippen molar-refractivity contribution in [2.45, 2.75) is 44.7 Å². The topological polar surface area (TPSA) is 84.5 Å². The lowest BCUT2D eigenvalue weighted by molar-refractivity contribution is -0.134. The van der Waals surface area contributed by atoms with E-state index in [2.05, 4.69) is 5.32 Å². The predicted molar refractivity (Wildman–Crippen MR) is 103 cm³/mol. The number of aromatic nitrogens is 1. The van der Waals surface area contributed by atoms with Crippen LogP contribution in [0.2, 0.25) is 0 Å². The van der Waals surface area contributed by atoms with Crippen LogP contribution in [0.4, 0.5) is 0 Å². The molecule has 1 fully saturated rings. The maximum atomic E-state index is 12.6. The van der Waals surface area contributed by atoms with Crippen molar-refractivity contribution in [1.82, 2.24) is 14.8 Å². The number of amides is 2. The molecule has 0 spiro atoms. The molecule has 1 N–H and O–H groups in total. The van der Waals surface area contributed by atoms with E-state index in [1.165, 1.54) is 0 Å². The molecular weight excluding hydrogens is 358 g/mol. The Labute approximate surface area is 163 Å². The van der Waals surface area contributed by atoms with Gasteiger partial charge in [-0.2, -0.15) is 0 Å². The summed E-state index contributed by atoms with van der Waals surface area (Å²) in [5.74, 6) is 1.28. The van der Waals surface area contributed by atoms with Gasteiger partial charge in [-0.15, -0.1) is 0 Å². The van der Waals surface area contributed by atoms with Crippen LogP contribution in [0.15, 0.2) is 45.8 Å². The summed E-state index contributed by atoms with van der Waals surface area (Å²) < 4.78 is 7.04. The first kappa shape index (κ1) is 18.5. The fourth-order valence-corrected chi connectivity index (χ4v) is 4.35. The summed E-state index contributed by atoms with van der Waals surface area (Å²) in [4.78, 5) is 38.6. The summed E-state index contributed by atoms with van der Waals surface area (Å²) in [6.45, 7) is 2.41. The summed E-state index contributed by atoms with van der Waals surface area (Å²) in [6, 6.07) is 8.99. The minimum absolute atomic E-state index is 0.0486. The molecule has 7 nitrogen and oxygen atoms in total. The SMILES string of the molecule is O=C(CCCC(=O)N1C[C@@H]2C[C@H](C1)c1cccc(=O)n1C2)NCc1ccco1. The fourth-order valence-electron chi connectivity index (χ4n) is 4.35. The average molecular weight is 383 g/mol. The molecule has 0 aliphatic carbocycles. The van der Waals surface area contributed by atoms with Crippen LogP contribution in [0.1, 0.15) is 43.1 Å². The van der Waals surface area contributed by atoms with E-state index in [1.807, 2.05) is 21.6 Å². The molecule has 148 valence electrons. The van der Waals surface area contributed by atoms with E-state index in [9.17, 15) is 14.4 Å². The van der Waals surface area contributed by atoms with Gasteiger partial charge in [0.1, 0.15) is 5.76 Å². The van der Waals surface area contributed by atoms with Gasteiger partial charge in [0.05, 0.1) is 12.8 Å². The van der Waals surface area contributed by atoms with Crippen LogP contribution in [0, 0.1) is 5.92 Å². The van der Waals surface area contributed by atoms with Gasteiger partial charge in [-0.25, -0.2) is 0 Å². The Balaban J connectivity index is 1.26. The Morgan fingerprint density at radius 1 is 1.11 bits per heavy atom. The summed E-state index contributed by atoms with van der Waals surface area (Å²) >= 11 is 0. The summed E-state index contributed by atoms with van der Waals surface area (Å²) in [6.07, 6.45) is 3.83. The van der Waals surface area contributed by atoms with Gasteiger partial charge in [-0.1, -0.05) is 6.07 Å². The lowest BCUT2D eigenvalue weighted by Gasteiger charge is -2.42. The Hall–Kier alpha value is -2.83. The largest absolute Gasteiger partial charge is 0.467 e. The molecule has 0 unspecified atom stereocenters. The van der Waals surface area contributed by atoms with Crippen molar-refractivity contribution in [3.63, 3.8) is 0 Å². The van der Waals surface area contributed by atoms with Gasteiger partial charge in [-0.3, -0.25) is 14.4 Å². The minimum atomic E-state index is -0.0759. The normalized spacial score (nSPS) is 20.5. The quantitative estimate of drug-likeness (QED) is 0.825. The monoisotopic (exact) mass is 383 g/mol. The molecule has 2 amide bonds. The number of nitrogens with zero attached hydrogens (tertiary/aromatic N) is 2. The van der Waals surface area contributed by atoms with Gasteiger partial charge in [-0.05, 0) is 37.0 Å². The first-order valence-corrected chi connectivity index (χ1v) is 9.87. The fraction of sp³-hybridized carbons (Fsp3) is 0.476. The predicted octanol–water partition coefficient (Wildman–Crippen LogP) is 1.87. The van der Waals surface area contributed by atoms with Gasteiger partial charge >= 0.3 is 0 Å². The van der Waals surface area contributed by atoms with Crippen LogP contribution in [0.5, 0.6) is 0 Å². The molecule has 7 heteroatoms. The van der Waals surface area contributed by atoms with Gasteiger partial charge in [0.25, 0.3) is 5.56 Å². The number of carbonyl (C=O) groups is 2. The molecule has 0 radical (unpaired) electrons. The van der Waals surface area contributed by atoms with Crippen LogP contribution in [-0.4, -0.2) is 34.4 Å². The highest BCUT2D eigenvalue weighted by Crippen LogP contribution is 2.35. The second-order valence-corrected chi connectivity index (χ2v) is 7.71. The standard InChI is InChI=1S/C21H25N3O4/c25-19(22-11-17-4-3-9-28-17)6-2-7-20(26)23-12-15-10-16(14-23)18-5-1-8-21(27)24(18)13-15/h1,3-5,8-9,15-16H,2,6-7,10-14H2,(H,22,25)/t15-,16+/m0/s1. The molecule has 1 saturated heterocycles. The van der Waals surface area contributed by atoms with E-state index >= 15 is 0 Å². The lowest BCUT2D eigenvalue weighted by Crippen LogP contribution is -2.49. The van der Waals surface area contributed by atoms with Crippen molar-refractivity contribution < 1.29 is 14.0 Å². The molecule has 2 aliphatic rings. The summed E-state index contributed by atoms with van der Waals surface area (Å²) in [5, 5.41) is 2.80. The molecule has 4 heterocycles. The number of hydrogen-bond acceptors (Lipinski definition) is 4. The molecule has 2 atom stereocenters. The van der Waals surface area contributed by atoms with Gasteiger partial charge in [0.2, 0.25) is 11.8 Å². The van der Waals surface area contributed by atoms with E-state index in [1.54, 1.807) is 24.5 Å². The zero-order chi connectivity index (χ0) is 19.5. The first-order chi connectivity index (χ1) is 13.6. The van der Waals surface area contributed by atoms with Gasteiger partial charge < -0.3 is 19.2 Å². The summed E-state index contributed by atoms with van der Waals surface area (Å²) in [7, 11) is 0. The van der Waals surface area contributed by atoms with E-state index in [0.29, 0.717) is 57.1 Å².